The lowest BCUT2D eigenvalue weighted by molar-refractivity contribution is -0.386. The molecular weight excluding hydrogens is 364 g/mol. The minimum absolute atomic E-state index is 0.0273. The molecule has 0 spiro atoms. The third-order valence-corrected chi connectivity index (χ3v) is 4.03. The van der Waals surface area contributed by atoms with Crippen LogP contribution < -0.4 is 10.1 Å². The van der Waals surface area contributed by atoms with Crippen molar-refractivity contribution in [2.45, 2.75) is 33.5 Å². The van der Waals surface area contributed by atoms with Crippen molar-refractivity contribution in [2.24, 2.45) is 0 Å². The van der Waals surface area contributed by atoms with Crippen LogP contribution in [0.25, 0.3) is 0 Å². The van der Waals surface area contributed by atoms with Crippen LogP contribution in [-0.4, -0.2) is 20.6 Å². The highest BCUT2D eigenvalue weighted by molar-refractivity contribution is 5.91. The third kappa shape index (κ3) is 4.56. The van der Waals surface area contributed by atoms with Gasteiger partial charge in [-0.1, -0.05) is 6.07 Å². The van der Waals surface area contributed by atoms with E-state index in [-0.39, 0.29) is 29.7 Å². The number of benzene rings is 1. The largest absolute Gasteiger partial charge is 0.479 e. The summed E-state index contributed by atoms with van der Waals surface area (Å²) in [5, 5.41) is 18.0. The number of hydrogen-bond acceptors (Lipinski definition) is 6. The molecule has 3 rings (SSSR count). The van der Waals surface area contributed by atoms with E-state index in [1.807, 2.05) is 13.1 Å². The Kier molecular flexibility index (Phi) is 5.73. The van der Waals surface area contributed by atoms with Gasteiger partial charge in [-0.25, -0.2) is 0 Å². The Morgan fingerprint density at radius 3 is 2.89 bits per heavy atom. The third-order valence-electron chi connectivity index (χ3n) is 4.03. The second-order valence-corrected chi connectivity index (χ2v) is 6.17. The molecule has 0 aliphatic carbocycles. The lowest BCUT2D eigenvalue weighted by Gasteiger charge is -2.06. The van der Waals surface area contributed by atoms with Crippen molar-refractivity contribution in [3.8, 4) is 5.75 Å². The predicted molar refractivity (Wildman–Crippen MR) is 99.9 cm³/mol. The summed E-state index contributed by atoms with van der Waals surface area (Å²) in [6.45, 7) is 4.81. The van der Waals surface area contributed by atoms with Crippen molar-refractivity contribution in [3.05, 3.63) is 75.5 Å². The first kappa shape index (κ1) is 19.2. The summed E-state index contributed by atoms with van der Waals surface area (Å²) in [6, 6.07) is 7.85. The van der Waals surface area contributed by atoms with E-state index in [0.29, 0.717) is 12.3 Å². The van der Waals surface area contributed by atoms with Crippen LogP contribution in [0.3, 0.4) is 0 Å². The number of furan rings is 1. The molecule has 2 aromatic heterocycles. The molecule has 0 bridgehead atoms. The van der Waals surface area contributed by atoms with E-state index >= 15 is 0 Å². The number of carbonyl (C=O) groups excluding carboxylic acids is 1. The van der Waals surface area contributed by atoms with Gasteiger partial charge in [0.15, 0.2) is 11.5 Å². The van der Waals surface area contributed by atoms with E-state index in [4.69, 9.17) is 9.15 Å². The molecule has 2 heterocycles. The van der Waals surface area contributed by atoms with Gasteiger partial charge in [0.05, 0.1) is 11.1 Å². The smallest absolute Gasteiger partial charge is 0.311 e. The van der Waals surface area contributed by atoms with Gasteiger partial charge in [0.2, 0.25) is 0 Å². The van der Waals surface area contributed by atoms with Crippen LogP contribution in [0.1, 0.15) is 34.4 Å². The van der Waals surface area contributed by atoms with E-state index in [1.54, 1.807) is 36.0 Å². The van der Waals surface area contributed by atoms with Gasteiger partial charge in [-0.2, -0.15) is 5.10 Å². The molecule has 0 atom stereocenters. The Morgan fingerprint density at radius 1 is 1.36 bits per heavy atom. The maximum Gasteiger partial charge on any atom is 0.311 e. The topological polar surface area (TPSA) is 112 Å². The Balaban J connectivity index is 1.58. The summed E-state index contributed by atoms with van der Waals surface area (Å²) in [7, 11) is 0. The molecule has 1 N–H and O–H groups in total. The molecular formula is C19H20N4O5. The average Bonchev–Trinajstić information content (AvgIpc) is 3.34. The number of nitro benzene ring substituents is 1. The van der Waals surface area contributed by atoms with Crippen molar-refractivity contribution in [1.82, 2.24) is 15.1 Å². The number of carbonyl (C=O) groups is 1. The second-order valence-electron chi connectivity index (χ2n) is 6.17. The van der Waals surface area contributed by atoms with Gasteiger partial charge in [0, 0.05) is 30.9 Å². The van der Waals surface area contributed by atoms with Crippen LogP contribution in [0, 0.1) is 17.0 Å². The maximum absolute atomic E-state index is 12.2. The Morgan fingerprint density at radius 2 is 2.18 bits per heavy atom. The Labute approximate surface area is 161 Å². The SMILES string of the molecule is CCn1cc(CNC(=O)c2ccc(COc3ccc(C)cc3[N+](=O)[O-])o2)cn1. The first-order valence-electron chi connectivity index (χ1n) is 8.72. The minimum Gasteiger partial charge on any atom is -0.479 e. The molecule has 0 radical (unpaired) electrons. The number of nitrogens with zero attached hydrogens (tertiary/aromatic N) is 3. The van der Waals surface area contributed by atoms with Crippen molar-refractivity contribution in [1.29, 1.82) is 0 Å². The summed E-state index contributed by atoms with van der Waals surface area (Å²) in [4.78, 5) is 22.8. The molecule has 9 nitrogen and oxygen atoms in total. The molecule has 0 saturated carbocycles. The zero-order valence-electron chi connectivity index (χ0n) is 15.5. The number of nitro groups is 1. The van der Waals surface area contributed by atoms with Gasteiger partial charge >= 0.3 is 5.69 Å². The summed E-state index contributed by atoms with van der Waals surface area (Å²) in [6.07, 6.45) is 3.55. The number of nitrogens with one attached hydrogen (secondary N) is 1. The van der Waals surface area contributed by atoms with Gasteiger partial charge in [0.1, 0.15) is 12.4 Å². The minimum atomic E-state index is -0.496. The molecule has 0 saturated heterocycles. The van der Waals surface area contributed by atoms with Crippen LogP contribution in [0.4, 0.5) is 5.69 Å². The van der Waals surface area contributed by atoms with Crippen molar-refractivity contribution in [3.63, 3.8) is 0 Å². The quantitative estimate of drug-likeness (QED) is 0.471. The molecule has 0 aliphatic heterocycles. The monoisotopic (exact) mass is 384 g/mol. The van der Waals surface area contributed by atoms with E-state index in [1.165, 1.54) is 12.1 Å². The summed E-state index contributed by atoms with van der Waals surface area (Å²) in [5.74, 6) is 0.307. The summed E-state index contributed by atoms with van der Waals surface area (Å²) in [5.41, 5.74) is 1.54. The maximum atomic E-state index is 12.2. The van der Waals surface area contributed by atoms with Crippen molar-refractivity contribution >= 4 is 11.6 Å². The Bertz CT molecular complexity index is 992. The number of amides is 1. The van der Waals surface area contributed by atoms with Crippen LogP contribution in [0.15, 0.2) is 47.1 Å². The lowest BCUT2D eigenvalue weighted by atomic mass is 10.2. The molecule has 1 aromatic carbocycles. The average molecular weight is 384 g/mol. The fraction of sp³-hybridized carbons (Fsp3) is 0.263. The van der Waals surface area contributed by atoms with Crippen LogP contribution >= 0.6 is 0 Å². The first-order valence-corrected chi connectivity index (χ1v) is 8.72. The fourth-order valence-corrected chi connectivity index (χ4v) is 2.56. The van der Waals surface area contributed by atoms with Gasteiger partial charge in [0.25, 0.3) is 5.91 Å². The molecule has 3 aromatic rings. The normalized spacial score (nSPS) is 10.6. The van der Waals surface area contributed by atoms with E-state index in [0.717, 1.165) is 17.7 Å². The predicted octanol–water partition coefficient (Wildman–Crippen LogP) is 3.22. The van der Waals surface area contributed by atoms with Crippen molar-refractivity contribution < 1.29 is 18.9 Å². The number of aryl methyl sites for hydroxylation is 2. The molecule has 0 fully saturated rings. The molecule has 0 aliphatic rings. The van der Waals surface area contributed by atoms with Gasteiger partial charge < -0.3 is 14.5 Å². The lowest BCUT2D eigenvalue weighted by Crippen LogP contribution is -2.22. The molecule has 1 amide bonds. The highest BCUT2D eigenvalue weighted by Crippen LogP contribution is 2.28. The van der Waals surface area contributed by atoms with Gasteiger partial charge in [-0.3, -0.25) is 19.6 Å². The van der Waals surface area contributed by atoms with E-state index in [2.05, 4.69) is 10.4 Å². The highest BCUT2D eigenvalue weighted by atomic mass is 16.6. The first-order chi connectivity index (χ1) is 13.5. The van der Waals surface area contributed by atoms with Gasteiger partial charge in [-0.15, -0.1) is 0 Å². The molecule has 146 valence electrons. The zero-order chi connectivity index (χ0) is 20.1. The number of aromatic nitrogens is 2. The van der Waals surface area contributed by atoms with Crippen LogP contribution in [-0.2, 0) is 19.7 Å². The van der Waals surface area contributed by atoms with Crippen LogP contribution in [0.5, 0.6) is 5.75 Å². The zero-order valence-corrected chi connectivity index (χ0v) is 15.5. The Hall–Kier alpha value is -3.62. The van der Waals surface area contributed by atoms with Crippen LogP contribution in [0.2, 0.25) is 0 Å². The fourth-order valence-electron chi connectivity index (χ4n) is 2.56. The van der Waals surface area contributed by atoms with Gasteiger partial charge in [-0.05, 0) is 37.6 Å². The second kappa shape index (κ2) is 8.38. The molecule has 28 heavy (non-hydrogen) atoms. The number of ether oxygens (including phenoxy) is 1. The molecule has 0 unspecified atom stereocenters. The summed E-state index contributed by atoms with van der Waals surface area (Å²) >= 11 is 0. The number of rotatable bonds is 8. The van der Waals surface area contributed by atoms with E-state index < -0.39 is 4.92 Å². The summed E-state index contributed by atoms with van der Waals surface area (Å²) < 4.78 is 12.7. The standard InChI is InChI=1S/C19H20N4O5/c1-3-22-11-14(10-21-22)9-20-19(24)18-7-5-15(28-18)12-27-17-6-4-13(2)8-16(17)23(25)26/h4-8,10-11H,3,9,12H2,1-2H3,(H,20,24). The van der Waals surface area contributed by atoms with Crippen molar-refractivity contribution in [2.75, 3.05) is 0 Å². The number of hydrogen-bond donors (Lipinski definition) is 1. The highest BCUT2D eigenvalue weighted by Gasteiger charge is 2.17. The molecule has 9 heteroatoms. The van der Waals surface area contributed by atoms with E-state index in [9.17, 15) is 14.9 Å².